The predicted molar refractivity (Wildman–Crippen MR) is 93.1 cm³/mol. The van der Waals surface area contributed by atoms with Crippen LogP contribution in [-0.4, -0.2) is 17.6 Å². The van der Waals surface area contributed by atoms with Crippen molar-refractivity contribution in [2.75, 3.05) is 5.75 Å². The van der Waals surface area contributed by atoms with Gasteiger partial charge in [-0.15, -0.1) is 11.8 Å². The van der Waals surface area contributed by atoms with E-state index in [1.54, 1.807) is 0 Å². The number of benzene rings is 2. The Bertz CT molecular complexity index is 684. The van der Waals surface area contributed by atoms with Crippen molar-refractivity contribution in [2.24, 2.45) is 0 Å². The van der Waals surface area contributed by atoms with Gasteiger partial charge in [-0.3, -0.25) is 20.4 Å². The molecule has 2 N–H and O–H groups in total. The molecule has 0 atom stereocenters. The molecule has 0 radical (unpaired) electrons. The monoisotopic (exact) mass is 328 g/mol. The van der Waals surface area contributed by atoms with E-state index in [0.717, 1.165) is 16.0 Å². The lowest BCUT2D eigenvalue weighted by Crippen LogP contribution is -2.43. The Kier molecular flexibility index (Phi) is 6.23. The molecule has 0 aliphatic heterocycles. The summed E-state index contributed by atoms with van der Waals surface area (Å²) in [6, 6.07) is 15.7. The van der Waals surface area contributed by atoms with Crippen molar-refractivity contribution in [3.05, 3.63) is 65.2 Å². The minimum atomic E-state index is -0.229. The van der Waals surface area contributed by atoms with Crippen LogP contribution in [0.2, 0.25) is 0 Å². The second kappa shape index (κ2) is 8.39. The molecule has 23 heavy (non-hydrogen) atoms. The molecular weight excluding hydrogens is 308 g/mol. The molecule has 2 amide bonds. The van der Waals surface area contributed by atoms with E-state index in [2.05, 4.69) is 10.9 Å². The fourth-order valence-corrected chi connectivity index (χ4v) is 2.68. The Morgan fingerprint density at radius 2 is 1.57 bits per heavy atom. The van der Waals surface area contributed by atoms with Gasteiger partial charge in [0.25, 0.3) is 0 Å². The van der Waals surface area contributed by atoms with Crippen LogP contribution in [0.3, 0.4) is 0 Å². The molecule has 5 heteroatoms. The standard InChI is InChI=1S/C18H20N2O2S/c1-13-7-9-16(10-8-13)23-12-18(22)20-19-17(21)11-15-6-4-3-5-14(15)2/h3-10H,11-12H2,1-2H3,(H,19,21)(H,20,22). The molecule has 2 rings (SSSR count). The third-order valence-electron chi connectivity index (χ3n) is 3.34. The average molecular weight is 328 g/mol. The van der Waals surface area contributed by atoms with Crippen LogP contribution in [-0.2, 0) is 16.0 Å². The van der Waals surface area contributed by atoms with Crippen LogP contribution in [0.5, 0.6) is 0 Å². The molecular formula is C18H20N2O2S. The third kappa shape index (κ3) is 5.79. The van der Waals surface area contributed by atoms with Gasteiger partial charge in [0.2, 0.25) is 11.8 Å². The molecule has 0 aromatic heterocycles. The number of hydrazine groups is 1. The van der Waals surface area contributed by atoms with Crippen LogP contribution in [0.1, 0.15) is 16.7 Å². The van der Waals surface area contributed by atoms with Gasteiger partial charge >= 0.3 is 0 Å². The van der Waals surface area contributed by atoms with Gasteiger partial charge in [-0.05, 0) is 37.1 Å². The van der Waals surface area contributed by atoms with E-state index >= 15 is 0 Å². The Balaban J connectivity index is 1.72. The first-order chi connectivity index (χ1) is 11.0. The van der Waals surface area contributed by atoms with E-state index < -0.39 is 0 Å². The van der Waals surface area contributed by atoms with Gasteiger partial charge in [-0.2, -0.15) is 0 Å². The van der Waals surface area contributed by atoms with Crippen LogP contribution in [0, 0.1) is 13.8 Å². The molecule has 0 heterocycles. The molecule has 2 aromatic rings. The van der Waals surface area contributed by atoms with E-state index in [1.807, 2.05) is 62.4 Å². The van der Waals surface area contributed by atoms with Gasteiger partial charge in [-0.25, -0.2) is 0 Å². The van der Waals surface area contributed by atoms with Gasteiger partial charge in [0, 0.05) is 4.90 Å². The predicted octanol–water partition coefficient (Wildman–Crippen LogP) is 2.79. The van der Waals surface area contributed by atoms with E-state index in [4.69, 9.17) is 0 Å². The number of rotatable bonds is 5. The van der Waals surface area contributed by atoms with Crippen molar-refractivity contribution in [1.82, 2.24) is 10.9 Å². The van der Waals surface area contributed by atoms with Crippen molar-refractivity contribution in [2.45, 2.75) is 25.2 Å². The summed E-state index contributed by atoms with van der Waals surface area (Å²) >= 11 is 1.43. The smallest absolute Gasteiger partial charge is 0.248 e. The second-order valence-electron chi connectivity index (χ2n) is 5.30. The zero-order valence-corrected chi connectivity index (χ0v) is 14.1. The average Bonchev–Trinajstić information content (AvgIpc) is 2.54. The number of amides is 2. The highest BCUT2D eigenvalue weighted by molar-refractivity contribution is 8.00. The summed E-state index contributed by atoms with van der Waals surface area (Å²) in [5.74, 6) is -0.199. The zero-order chi connectivity index (χ0) is 16.7. The lowest BCUT2D eigenvalue weighted by molar-refractivity contribution is -0.127. The number of hydrogen-bond acceptors (Lipinski definition) is 3. The molecule has 0 saturated carbocycles. The quantitative estimate of drug-likeness (QED) is 0.655. The molecule has 0 spiro atoms. The summed E-state index contributed by atoms with van der Waals surface area (Å²) in [4.78, 5) is 24.6. The van der Waals surface area contributed by atoms with E-state index in [9.17, 15) is 9.59 Å². The lowest BCUT2D eigenvalue weighted by Gasteiger charge is -2.09. The maximum Gasteiger partial charge on any atom is 0.248 e. The van der Waals surface area contributed by atoms with Crippen molar-refractivity contribution < 1.29 is 9.59 Å². The number of carbonyl (C=O) groups excluding carboxylic acids is 2. The summed E-state index contributed by atoms with van der Waals surface area (Å²) < 4.78 is 0. The van der Waals surface area contributed by atoms with Crippen LogP contribution in [0.15, 0.2) is 53.4 Å². The van der Waals surface area contributed by atoms with Gasteiger partial charge in [0.05, 0.1) is 12.2 Å². The summed E-state index contributed by atoms with van der Waals surface area (Å²) in [7, 11) is 0. The minimum absolute atomic E-state index is 0.228. The first kappa shape index (κ1) is 17.1. The molecule has 0 aliphatic rings. The van der Waals surface area contributed by atoms with Crippen molar-refractivity contribution >= 4 is 23.6 Å². The minimum Gasteiger partial charge on any atom is -0.273 e. The van der Waals surface area contributed by atoms with Crippen LogP contribution >= 0.6 is 11.8 Å². The number of hydrogen-bond donors (Lipinski definition) is 2. The van der Waals surface area contributed by atoms with E-state index in [-0.39, 0.29) is 24.0 Å². The fraction of sp³-hybridized carbons (Fsp3) is 0.222. The maximum absolute atomic E-state index is 11.8. The molecule has 0 saturated heterocycles. The first-order valence-corrected chi connectivity index (χ1v) is 8.35. The molecule has 0 aliphatic carbocycles. The first-order valence-electron chi connectivity index (χ1n) is 7.36. The Hall–Kier alpha value is -2.27. The topological polar surface area (TPSA) is 58.2 Å². The van der Waals surface area contributed by atoms with E-state index in [1.165, 1.54) is 17.3 Å². The van der Waals surface area contributed by atoms with E-state index in [0.29, 0.717) is 0 Å². The van der Waals surface area contributed by atoms with Gasteiger partial charge in [-0.1, -0.05) is 42.0 Å². The molecule has 0 fully saturated rings. The summed E-state index contributed by atoms with van der Waals surface area (Å²) in [5, 5.41) is 0. The normalized spacial score (nSPS) is 10.2. The highest BCUT2D eigenvalue weighted by atomic mass is 32.2. The summed E-state index contributed by atoms with van der Waals surface area (Å²) in [5.41, 5.74) is 8.09. The summed E-state index contributed by atoms with van der Waals surface area (Å²) in [6.45, 7) is 3.98. The largest absolute Gasteiger partial charge is 0.273 e. The number of carbonyl (C=O) groups is 2. The van der Waals surface area contributed by atoms with Crippen LogP contribution in [0.25, 0.3) is 0 Å². The van der Waals surface area contributed by atoms with Crippen LogP contribution in [0.4, 0.5) is 0 Å². The SMILES string of the molecule is Cc1ccc(SCC(=O)NNC(=O)Cc2ccccc2C)cc1. The molecule has 4 nitrogen and oxygen atoms in total. The van der Waals surface area contributed by atoms with Crippen molar-refractivity contribution in [3.8, 4) is 0 Å². The molecule has 0 bridgehead atoms. The van der Waals surface area contributed by atoms with Crippen LogP contribution < -0.4 is 10.9 Å². The molecule has 120 valence electrons. The Labute approximate surface area is 140 Å². The van der Waals surface area contributed by atoms with Gasteiger partial charge in [0.15, 0.2) is 0 Å². The van der Waals surface area contributed by atoms with Crippen molar-refractivity contribution in [1.29, 1.82) is 0 Å². The van der Waals surface area contributed by atoms with Gasteiger partial charge in [0.1, 0.15) is 0 Å². The third-order valence-corrected chi connectivity index (χ3v) is 4.36. The van der Waals surface area contributed by atoms with Gasteiger partial charge < -0.3 is 0 Å². The number of thioether (sulfide) groups is 1. The molecule has 2 aromatic carbocycles. The highest BCUT2D eigenvalue weighted by Gasteiger charge is 2.07. The summed E-state index contributed by atoms with van der Waals surface area (Å²) in [6.07, 6.45) is 0.248. The number of aryl methyl sites for hydroxylation is 2. The Morgan fingerprint density at radius 3 is 2.26 bits per heavy atom. The molecule has 0 unspecified atom stereocenters. The lowest BCUT2D eigenvalue weighted by atomic mass is 10.1. The number of nitrogens with one attached hydrogen (secondary N) is 2. The maximum atomic E-state index is 11.8. The second-order valence-corrected chi connectivity index (χ2v) is 6.35. The van der Waals surface area contributed by atoms with Crippen molar-refractivity contribution in [3.63, 3.8) is 0 Å². The highest BCUT2D eigenvalue weighted by Crippen LogP contribution is 2.17. The Morgan fingerprint density at radius 1 is 0.913 bits per heavy atom. The zero-order valence-electron chi connectivity index (χ0n) is 13.3. The fourth-order valence-electron chi connectivity index (χ4n) is 1.98.